The molecule has 0 saturated carbocycles. The lowest BCUT2D eigenvalue weighted by Gasteiger charge is -2.12. The van der Waals surface area contributed by atoms with Gasteiger partial charge in [0.15, 0.2) is 0 Å². The highest BCUT2D eigenvalue weighted by molar-refractivity contribution is 14.0. The zero-order valence-corrected chi connectivity index (χ0v) is 7.88. The van der Waals surface area contributed by atoms with E-state index < -0.39 is 0 Å². The minimum Gasteiger partial charge on any atom is -0.304 e. The van der Waals surface area contributed by atoms with Crippen molar-refractivity contribution in [2.24, 2.45) is 0 Å². The molecule has 8 heavy (non-hydrogen) atoms. The molecule has 1 fully saturated rings. The molecule has 1 aliphatic rings. The standard InChI is InChI=1S/C6H13N.HI/c1-6-4-3-5-7(6)2;/h6H,3-5H2,1-2H3;1H. The Labute approximate surface area is 68.5 Å². The Morgan fingerprint density at radius 1 is 1.50 bits per heavy atom. The molecule has 0 aromatic carbocycles. The third kappa shape index (κ3) is 1.90. The minimum atomic E-state index is 0. The first-order valence-corrected chi connectivity index (χ1v) is 3.01. The van der Waals surface area contributed by atoms with E-state index in [1.165, 1.54) is 19.4 Å². The van der Waals surface area contributed by atoms with E-state index in [4.69, 9.17) is 0 Å². The topological polar surface area (TPSA) is 3.24 Å². The second-order valence-electron chi connectivity index (χ2n) is 2.47. The predicted octanol–water partition coefficient (Wildman–Crippen LogP) is 1.72. The summed E-state index contributed by atoms with van der Waals surface area (Å²) in [7, 11) is 2.19. The lowest BCUT2D eigenvalue weighted by atomic mass is 10.3. The van der Waals surface area contributed by atoms with Crippen LogP contribution in [0.5, 0.6) is 0 Å². The quantitative estimate of drug-likeness (QED) is 0.569. The van der Waals surface area contributed by atoms with Gasteiger partial charge in [-0.2, -0.15) is 0 Å². The van der Waals surface area contributed by atoms with Gasteiger partial charge in [0.05, 0.1) is 0 Å². The lowest BCUT2D eigenvalue weighted by molar-refractivity contribution is 0.331. The van der Waals surface area contributed by atoms with E-state index in [1.807, 2.05) is 0 Å². The maximum atomic E-state index is 2.40. The molecule has 0 radical (unpaired) electrons. The summed E-state index contributed by atoms with van der Waals surface area (Å²) in [5, 5.41) is 0. The predicted molar refractivity (Wildman–Crippen MR) is 46.7 cm³/mol. The minimum absolute atomic E-state index is 0. The highest BCUT2D eigenvalue weighted by Gasteiger charge is 2.14. The summed E-state index contributed by atoms with van der Waals surface area (Å²) in [6.45, 7) is 3.59. The van der Waals surface area contributed by atoms with Crippen molar-refractivity contribution in [3.8, 4) is 0 Å². The molecule has 1 saturated heterocycles. The first kappa shape index (κ1) is 8.69. The van der Waals surface area contributed by atoms with Crippen LogP contribution in [0.2, 0.25) is 0 Å². The van der Waals surface area contributed by atoms with Gasteiger partial charge in [-0.05, 0) is 33.4 Å². The average Bonchev–Trinajstić information content (AvgIpc) is 1.91. The van der Waals surface area contributed by atoms with E-state index in [0.717, 1.165) is 6.04 Å². The van der Waals surface area contributed by atoms with Crippen molar-refractivity contribution < 1.29 is 0 Å². The van der Waals surface area contributed by atoms with Crippen molar-refractivity contribution in [2.45, 2.75) is 25.8 Å². The summed E-state index contributed by atoms with van der Waals surface area (Å²) in [6, 6.07) is 0.847. The molecule has 1 atom stereocenters. The Morgan fingerprint density at radius 2 is 2.12 bits per heavy atom. The van der Waals surface area contributed by atoms with Crippen molar-refractivity contribution in [2.75, 3.05) is 13.6 Å². The molecule has 1 nitrogen and oxygen atoms in total. The van der Waals surface area contributed by atoms with Crippen molar-refractivity contribution >= 4 is 24.0 Å². The first-order valence-electron chi connectivity index (χ1n) is 3.01. The van der Waals surface area contributed by atoms with E-state index in [1.54, 1.807) is 0 Å². The van der Waals surface area contributed by atoms with Crippen LogP contribution in [-0.4, -0.2) is 24.5 Å². The lowest BCUT2D eigenvalue weighted by Crippen LogP contribution is -2.20. The highest BCUT2D eigenvalue weighted by atomic mass is 127. The molecule has 0 bridgehead atoms. The molecule has 1 aliphatic heterocycles. The van der Waals surface area contributed by atoms with E-state index in [9.17, 15) is 0 Å². The van der Waals surface area contributed by atoms with Gasteiger partial charge in [-0.25, -0.2) is 0 Å². The Bertz CT molecular complexity index is 57.5. The summed E-state index contributed by atoms with van der Waals surface area (Å²) in [5.74, 6) is 0. The summed E-state index contributed by atoms with van der Waals surface area (Å²) in [4.78, 5) is 2.40. The van der Waals surface area contributed by atoms with Gasteiger partial charge in [-0.1, -0.05) is 0 Å². The van der Waals surface area contributed by atoms with Crippen LogP contribution in [0.4, 0.5) is 0 Å². The number of likely N-dealkylation sites (tertiary alicyclic amines) is 1. The van der Waals surface area contributed by atoms with Crippen LogP contribution in [0.15, 0.2) is 0 Å². The maximum absolute atomic E-state index is 2.40. The summed E-state index contributed by atoms with van der Waals surface area (Å²) in [6.07, 6.45) is 2.80. The van der Waals surface area contributed by atoms with Crippen LogP contribution in [0.3, 0.4) is 0 Å². The summed E-state index contributed by atoms with van der Waals surface area (Å²) >= 11 is 0. The van der Waals surface area contributed by atoms with Gasteiger partial charge in [0.2, 0.25) is 0 Å². The van der Waals surface area contributed by atoms with Crippen LogP contribution in [-0.2, 0) is 0 Å². The van der Waals surface area contributed by atoms with Crippen molar-refractivity contribution in [1.29, 1.82) is 0 Å². The highest BCUT2D eigenvalue weighted by Crippen LogP contribution is 2.12. The number of hydrogen-bond acceptors (Lipinski definition) is 1. The molecule has 0 N–H and O–H groups in total. The molecule has 0 aromatic rings. The van der Waals surface area contributed by atoms with Gasteiger partial charge in [0.1, 0.15) is 0 Å². The van der Waals surface area contributed by atoms with E-state index in [-0.39, 0.29) is 24.0 Å². The van der Waals surface area contributed by atoms with Crippen molar-refractivity contribution in [3.63, 3.8) is 0 Å². The monoisotopic (exact) mass is 227 g/mol. The Morgan fingerprint density at radius 3 is 2.25 bits per heavy atom. The second kappa shape index (κ2) is 3.67. The fraction of sp³-hybridized carbons (Fsp3) is 1.00. The normalized spacial score (nSPS) is 30.0. The molecule has 2 heteroatoms. The van der Waals surface area contributed by atoms with Crippen LogP contribution >= 0.6 is 24.0 Å². The summed E-state index contributed by atoms with van der Waals surface area (Å²) in [5.41, 5.74) is 0. The molecule has 1 heterocycles. The molecule has 0 aromatic heterocycles. The van der Waals surface area contributed by atoms with Gasteiger partial charge in [0.25, 0.3) is 0 Å². The zero-order chi connectivity index (χ0) is 5.28. The van der Waals surface area contributed by atoms with Crippen LogP contribution in [0, 0.1) is 0 Å². The van der Waals surface area contributed by atoms with Crippen LogP contribution in [0.25, 0.3) is 0 Å². The molecule has 1 rings (SSSR count). The Hall–Kier alpha value is 0.690. The molecule has 50 valence electrons. The molecular weight excluding hydrogens is 213 g/mol. The van der Waals surface area contributed by atoms with Gasteiger partial charge in [-0.15, -0.1) is 24.0 Å². The SMILES string of the molecule is CC1CCCN1C.I. The van der Waals surface area contributed by atoms with Gasteiger partial charge in [-0.3, -0.25) is 0 Å². The van der Waals surface area contributed by atoms with E-state index in [0.29, 0.717) is 0 Å². The van der Waals surface area contributed by atoms with Gasteiger partial charge in [0, 0.05) is 6.04 Å². The fourth-order valence-electron chi connectivity index (χ4n) is 1.08. The van der Waals surface area contributed by atoms with Crippen LogP contribution < -0.4 is 0 Å². The van der Waals surface area contributed by atoms with E-state index in [2.05, 4.69) is 18.9 Å². The fourth-order valence-corrected chi connectivity index (χ4v) is 1.08. The largest absolute Gasteiger partial charge is 0.304 e. The Balaban J connectivity index is 0.000000490. The average molecular weight is 227 g/mol. The maximum Gasteiger partial charge on any atom is 0.00643 e. The number of hydrogen-bond donors (Lipinski definition) is 0. The molecular formula is C6H14IN. The van der Waals surface area contributed by atoms with E-state index >= 15 is 0 Å². The molecule has 0 spiro atoms. The van der Waals surface area contributed by atoms with Gasteiger partial charge < -0.3 is 4.90 Å². The number of nitrogens with zero attached hydrogens (tertiary/aromatic N) is 1. The molecule has 0 aliphatic carbocycles. The third-order valence-corrected chi connectivity index (χ3v) is 1.89. The molecule has 0 amide bonds. The Kier molecular flexibility index (Phi) is 3.98. The second-order valence-corrected chi connectivity index (χ2v) is 2.47. The third-order valence-electron chi connectivity index (χ3n) is 1.89. The van der Waals surface area contributed by atoms with Gasteiger partial charge >= 0.3 is 0 Å². The summed E-state index contributed by atoms with van der Waals surface area (Å²) < 4.78 is 0. The van der Waals surface area contributed by atoms with Crippen molar-refractivity contribution in [3.05, 3.63) is 0 Å². The smallest absolute Gasteiger partial charge is 0.00643 e. The zero-order valence-electron chi connectivity index (χ0n) is 5.55. The van der Waals surface area contributed by atoms with Crippen molar-refractivity contribution in [1.82, 2.24) is 4.90 Å². The van der Waals surface area contributed by atoms with Crippen LogP contribution in [0.1, 0.15) is 19.8 Å². The number of rotatable bonds is 0. The first-order chi connectivity index (χ1) is 3.30. The number of halogens is 1. The molecule has 1 unspecified atom stereocenters.